The van der Waals surface area contributed by atoms with Crippen LogP contribution in [0.2, 0.25) is 0 Å². The van der Waals surface area contributed by atoms with Gasteiger partial charge in [0.25, 0.3) is 0 Å². The van der Waals surface area contributed by atoms with Crippen molar-refractivity contribution in [3.63, 3.8) is 0 Å². The van der Waals surface area contributed by atoms with E-state index >= 15 is 0 Å². The summed E-state index contributed by atoms with van der Waals surface area (Å²) in [7, 11) is 0. The van der Waals surface area contributed by atoms with Crippen LogP contribution < -0.4 is 5.32 Å². The van der Waals surface area contributed by atoms with E-state index in [1.165, 1.54) is 0 Å². The van der Waals surface area contributed by atoms with Crippen molar-refractivity contribution in [3.05, 3.63) is 71.6 Å². The van der Waals surface area contributed by atoms with E-state index in [2.05, 4.69) is 10.3 Å². The molecule has 0 saturated heterocycles. The maximum absolute atomic E-state index is 11.5. The van der Waals surface area contributed by atoms with E-state index in [1.54, 1.807) is 6.20 Å². The summed E-state index contributed by atoms with van der Waals surface area (Å²) >= 11 is 0. The lowest BCUT2D eigenvalue weighted by Gasteiger charge is -2.06. The second-order valence-corrected chi connectivity index (χ2v) is 4.86. The highest BCUT2D eigenvalue weighted by Gasteiger charge is 2.00. The molecule has 0 aliphatic heterocycles. The predicted octanol–water partition coefficient (Wildman–Crippen LogP) is 3.72. The number of carbonyl (C=O) groups is 1. The molecule has 1 N–H and O–H groups in total. The fraction of sp³-hybridized carbons (Fsp3) is 0.222. The Hall–Kier alpha value is -2.62. The molecular formula is C18H20N2O2. The minimum absolute atomic E-state index is 0.289. The number of ether oxygens (including phenoxy) is 1. The molecule has 2 aromatic rings. The van der Waals surface area contributed by atoms with Crippen molar-refractivity contribution in [2.75, 3.05) is 6.54 Å². The molecule has 0 aliphatic rings. The molecule has 0 unspecified atom stereocenters. The fourth-order valence-electron chi connectivity index (χ4n) is 1.91. The zero-order valence-electron chi connectivity index (χ0n) is 12.7. The van der Waals surface area contributed by atoms with Crippen molar-refractivity contribution in [1.29, 1.82) is 0 Å². The van der Waals surface area contributed by atoms with Gasteiger partial charge in [-0.1, -0.05) is 48.6 Å². The minimum Gasteiger partial charge on any atom is -0.445 e. The molecule has 0 fully saturated rings. The van der Waals surface area contributed by atoms with Gasteiger partial charge in [0.15, 0.2) is 0 Å². The molecule has 114 valence electrons. The summed E-state index contributed by atoms with van der Waals surface area (Å²) in [6, 6.07) is 13.5. The fourth-order valence-corrected chi connectivity index (χ4v) is 1.91. The second kappa shape index (κ2) is 8.62. The van der Waals surface area contributed by atoms with Gasteiger partial charge in [0.05, 0.1) is 0 Å². The van der Waals surface area contributed by atoms with Crippen LogP contribution in [0.3, 0.4) is 0 Å². The normalized spacial score (nSPS) is 10.6. The van der Waals surface area contributed by atoms with Crippen LogP contribution in [0.5, 0.6) is 0 Å². The van der Waals surface area contributed by atoms with Gasteiger partial charge in [0, 0.05) is 18.4 Å². The number of amides is 1. The molecule has 1 heterocycles. The summed E-state index contributed by atoms with van der Waals surface area (Å²) in [5, 5.41) is 2.73. The Morgan fingerprint density at radius 3 is 2.82 bits per heavy atom. The van der Waals surface area contributed by atoms with Gasteiger partial charge in [-0.25, -0.2) is 4.79 Å². The Morgan fingerprint density at radius 1 is 1.23 bits per heavy atom. The number of carbonyl (C=O) groups excluding carboxylic acids is 1. The second-order valence-electron chi connectivity index (χ2n) is 4.86. The molecule has 0 saturated carbocycles. The van der Waals surface area contributed by atoms with Gasteiger partial charge in [-0.2, -0.15) is 0 Å². The summed E-state index contributed by atoms with van der Waals surface area (Å²) in [6.45, 7) is 2.81. The van der Waals surface area contributed by atoms with E-state index in [4.69, 9.17) is 4.74 Å². The first kappa shape index (κ1) is 15.8. The Kier molecular flexibility index (Phi) is 6.18. The largest absolute Gasteiger partial charge is 0.445 e. The number of hydrogen-bond acceptors (Lipinski definition) is 3. The number of nitrogens with zero attached hydrogens (tertiary/aromatic N) is 1. The molecule has 4 heteroatoms. The molecule has 1 amide bonds. The summed E-state index contributed by atoms with van der Waals surface area (Å²) in [6.07, 6.45) is 6.15. The number of hydrogen-bond donors (Lipinski definition) is 1. The van der Waals surface area contributed by atoms with Gasteiger partial charge < -0.3 is 10.1 Å². The number of aromatic nitrogens is 1. The van der Waals surface area contributed by atoms with Crippen LogP contribution >= 0.6 is 0 Å². The molecule has 1 aromatic heterocycles. The van der Waals surface area contributed by atoms with Crippen molar-refractivity contribution >= 4 is 12.2 Å². The lowest BCUT2D eigenvalue weighted by molar-refractivity contribution is 0.140. The van der Waals surface area contributed by atoms with E-state index in [9.17, 15) is 4.79 Å². The van der Waals surface area contributed by atoms with Crippen molar-refractivity contribution in [2.45, 2.75) is 20.0 Å². The maximum Gasteiger partial charge on any atom is 0.407 e. The smallest absolute Gasteiger partial charge is 0.407 e. The lowest BCUT2D eigenvalue weighted by Crippen LogP contribution is -2.24. The summed E-state index contributed by atoms with van der Waals surface area (Å²) in [5.41, 5.74) is 3.06. The molecule has 4 nitrogen and oxygen atoms in total. The molecule has 2 rings (SSSR count). The Labute approximate surface area is 130 Å². The van der Waals surface area contributed by atoms with Gasteiger partial charge in [-0.05, 0) is 30.5 Å². The minimum atomic E-state index is -0.394. The molecule has 0 radical (unpaired) electrons. The monoisotopic (exact) mass is 296 g/mol. The van der Waals surface area contributed by atoms with Crippen LogP contribution in [0.4, 0.5) is 4.79 Å². The third-order valence-corrected chi connectivity index (χ3v) is 3.14. The van der Waals surface area contributed by atoms with Gasteiger partial charge in [-0.3, -0.25) is 4.98 Å². The SMILES string of the molecule is Cc1ncccc1C=CCCNC(=O)OCc1ccccc1. The van der Waals surface area contributed by atoms with Crippen molar-refractivity contribution in [1.82, 2.24) is 10.3 Å². The standard InChI is InChI=1S/C18H20N2O2/c1-15-17(11-7-13-19-15)10-5-6-12-20-18(21)22-14-16-8-3-2-4-9-16/h2-5,7-11,13H,6,12,14H2,1H3,(H,20,21). The molecular weight excluding hydrogens is 276 g/mol. The van der Waals surface area contributed by atoms with E-state index in [-0.39, 0.29) is 6.61 Å². The number of aryl methyl sites for hydroxylation is 1. The van der Waals surface area contributed by atoms with E-state index < -0.39 is 6.09 Å². The first-order valence-corrected chi connectivity index (χ1v) is 7.28. The average Bonchev–Trinajstić information content (AvgIpc) is 2.55. The number of pyridine rings is 1. The zero-order valence-corrected chi connectivity index (χ0v) is 12.7. The highest BCUT2D eigenvalue weighted by atomic mass is 16.5. The third-order valence-electron chi connectivity index (χ3n) is 3.14. The first-order valence-electron chi connectivity index (χ1n) is 7.28. The molecule has 0 aliphatic carbocycles. The quantitative estimate of drug-likeness (QED) is 0.827. The highest BCUT2D eigenvalue weighted by Crippen LogP contribution is 2.06. The Morgan fingerprint density at radius 2 is 2.05 bits per heavy atom. The average molecular weight is 296 g/mol. The van der Waals surface area contributed by atoms with Gasteiger partial charge in [0.2, 0.25) is 0 Å². The first-order chi connectivity index (χ1) is 10.8. The molecule has 1 aromatic carbocycles. The van der Waals surface area contributed by atoms with Crippen LogP contribution in [0.25, 0.3) is 6.08 Å². The Balaban J connectivity index is 1.64. The third kappa shape index (κ3) is 5.40. The topological polar surface area (TPSA) is 51.2 Å². The van der Waals surface area contributed by atoms with Gasteiger partial charge in [0.1, 0.15) is 6.61 Å². The molecule has 0 spiro atoms. The zero-order chi connectivity index (χ0) is 15.6. The van der Waals surface area contributed by atoms with Crippen LogP contribution in [0.15, 0.2) is 54.7 Å². The van der Waals surface area contributed by atoms with Crippen LogP contribution in [0.1, 0.15) is 23.2 Å². The lowest BCUT2D eigenvalue weighted by atomic mass is 10.2. The van der Waals surface area contributed by atoms with E-state index in [0.29, 0.717) is 6.54 Å². The van der Waals surface area contributed by atoms with Crippen molar-refractivity contribution in [2.24, 2.45) is 0 Å². The van der Waals surface area contributed by atoms with E-state index in [0.717, 1.165) is 23.2 Å². The van der Waals surface area contributed by atoms with Gasteiger partial charge >= 0.3 is 6.09 Å². The molecule has 0 atom stereocenters. The number of alkyl carbamates (subject to hydrolysis) is 1. The van der Waals surface area contributed by atoms with Crippen LogP contribution in [-0.4, -0.2) is 17.6 Å². The van der Waals surface area contributed by atoms with E-state index in [1.807, 2.05) is 61.5 Å². The van der Waals surface area contributed by atoms with Crippen LogP contribution in [-0.2, 0) is 11.3 Å². The van der Waals surface area contributed by atoms with Crippen molar-refractivity contribution in [3.8, 4) is 0 Å². The van der Waals surface area contributed by atoms with Crippen LogP contribution in [0, 0.1) is 6.92 Å². The highest BCUT2D eigenvalue weighted by molar-refractivity contribution is 5.67. The number of benzene rings is 1. The number of rotatable bonds is 6. The summed E-state index contributed by atoms with van der Waals surface area (Å²) in [5.74, 6) is 0. The molecule has 22 heavy (non-hydrogen) atoms. The summed E-state index contributed by atoms with van der Waals surface area (Å²) < 4.78 is 5.13. The Bertz CT molecular complexity index is 624. The predicted molar refractivity (Wildman–Crippen MR) is 87.3 cm³/mol. The number of nitrogens with one attached hydrogen (secondary N) is 1. The van der Waals surface area contributed by atoms with Crippen molar-refractivity contribution < 1.29 is 9.53 Å². The van der Waals surface area contributed by atoms with Gasteiger partial charge in [-0.15, -0.1) is 0 Å². The molecule has 0 bridgehead atoms. The summed E-state index contributed by atoms with van der Waals surface area (Å²) in [4.78, 5) is 15.8. The maximum atomic E-state index is 11.5.